The van der Waals surface area contributed by atoms with Crippen molar-refractivity contribution in [2.75, 3.05) is 24.9 Å². The van der Waals surface area contributed by atoms with Gasteiger partial charge in [0.15, 0.2) is 11.5 Å². The summed E-state index contributed by atoms with van der Waals surface area (Å²) in [6, 6.07) is 17.6. The Balaban J connectivity index is 1.57. The first-order chi connectivity index (χ1) is 16.6. The second-order valence-electron chi connectivity index (χ2n) is 7.37. The van der Waals surface area contributed by atoms with Gasteiger partial charge >= 0.3 is 0 Å². The summed E-state index contributed by atoms with van der Waals surface area (Å²) in [6.45, 7) is 1.76. The van der Waals surface area contributed by atoms with Crippen LogP contribution in [0.15, 0.2) is 76.5 Å². The number of methoxy groups -OCH3 is 2. The maximum absolute atomic E-state index is 12.6. The fourth-order valence-corrected chi connectivity index (χ4v) is 4.41. The van der Waals surface area contributed by atoms with Crippen LogP contribution in [0.2, 0.25) is 0 Å². The SMILES string of the molecule is COc1ccc(C(=O)Nc2ccc(SC(C)C(=O)Nc3ccc(S(N)(=O)=O)cc3)cc2)cc1OC. The third-order valence-electron chi connectivity index (χ3n) is 4.89. The number of sulfonamides is 1. The third-order valence-corrected chi connectivity index (χ3v) is 6.93. The highest BCUT2D eigenvalue weighted by Crippen LogP contribution is 2.29. The van der Waals surface area contributed by atoms with Gasteiger partial charge in [0.05, 0.1) is 24.4 Å². The zero-order valence-corrected chi connectivity index (χ0v) is 20.9. The molecule has 11 heteroatoms. The fourth-order valence-electron chi connectivity index (χ4n) is 3.03. The summed E-state index contributed by atoms with van der Waals surface area (Å²) < 4.78 is 33.1. The lowest BCUT2D eigenvalue weighted by atomic mass is 10.2. The number of ether oxygens (including phenoxy) is 2. The number of anilines is 2. The number of carbonyl (C=O) groups is 2. The van der Waals surface area contributed by atoms with Crippen molar-refractivity contribution in [3.05, 3.63) is 72.3 Å². The molecule has 0 radical (unpaired) electrons. The van der Waals surface area contributed by atoms with Crippen molar-refractivity contribution >= 4 is 45.0 Å². The Morgan fingerprint density at radius 3 is 2.00 bits per heavy atom. The van der Waals surface area contributed by atoms with Crippen molar-refractivity contribution in [3.8, 4) is 11.5 Å². The van der Waals surface area contributed by atoms with E-state index in [-0.39, 0.29) is 16.7 Å². The van der Waals surface area contributed by atoms with Crippen LogP contribution in [0.1, 0.15) is 17.3 Å². The Morgan fingerprint density at radius 1 is 0.857 bits per heavy atom. The summed E-state index contributed by atoms with van der Waals surface area (Å²) in [4.78, 5) is 25.9. The van der Waals surface area contributed by atoms with E-state index >= 15 is 0 Å². The van der Waals surface area contributed by atoms with E-state index < -0.39 is 15.3 Å². The van der Waals surface area contributed by atoms with Crippen molar-refractivity contribution in [3.63, 3.8) is 0 Å². The number of nitrogens with two attached hydrogens (primary N) is 1. The van der Waals surface area contributed by atoms with E-state index in [9.17, 15) is 18.0 Å². The average molecular weight is 516 g/mol. The molecule has 4 N–H and O–H groups in total. The molecule has 0 heterocycles. The lowest BCUT2D eigenvalue weighted by Gasteiger charge is -2.13. The van der Waals surface area contributed by atoms with Crippen LogP contribution in [0, 0.1) is 0 Å². The van der Waals surface area contributed by atoms with E-state index in [1.54, 1.807) is 49.4 Å². The van der Waals surface area contributed by atoms with E-state index in [4.69, 9.17) is 14.6 Å². The lowest BCUT2D eigenvalue weighted by Crippen LogP contribution is -2.22. The van der Waals surface area contributed by atoms with Gasteiger partial charge in [-0.15, -0.1) is 11.8 Å². The number of nitrogens with one attached hydrogen (secondary N) is 2. The molecule has 2 amide bonds. The molecule has 1 unspecified atom stereocenters. The molecule has 3 aromatic rings. The molecule has 0 aliphatic heterocycles. The Labute approximate surface area is 208 Å². The second kappa shape index (κ2) is 11.3. The molecule has 35 heavy (non-hydrogen) atoms. The molecule has 0 aliphatic rings. The monoisotopic (exact) mass is 515 g/mol. The Kier molecular flexibility index (Phi) is 8.39. The zero-order valence-electron chi connectivity index (χ0n) is 19.3. The van der Waals surface area contributed by atoms with Gasteiger partial charge < -0.3 is 20.1 Å². The Hall–Kier alpha value is -3.54. The van der Waals surface area contributed by atoms with Gasteiger partial charge in [-0.3, -0.25) is 9.59 Å². The molecular weight excluding hydrogens is 490 g/mol. The van der Waals surface area contributed by atoms with E-state index in [0.29, 0.717) is 28.4 Å². The fraction of sp³-hybridized carbons (Fsp3) is 0.167. The average Bonchev–Trinajstić information content (AvgIpc) is 2.84. The van der Waals surface area contributed by atoms with Crippen molar-refractivity contribution in [1.29, 1.82) is 0 Å². The van der Waals surface area contributed by atoms with Crippen molar-refractivity contribution in [1.82, 2.24) is 0 Å². The number of rotatable bonds is 9. The zero-order chi connectivity index (χ0) is 25.6. The third kappa shape index (κ3) is 6.98. The molecule has 0 saturated heterocycles. The predicted molar refractivity (Wildman–Crippen MR) is 136 cm³/mol. The highest BCUT2D eigenvalue weighted by molar-refractivity contribution is 8.00. The van der Waals surface area contributed by atoms with Gasteiger partial charge in [-0.05, 0) is 73.7 Å². The molecule has 3 aromatic carbocycles. The standard InChI is InChI=1S/C24H25N3O6S2/c1-15(23(28)26-18-7-11-20(12-8-18)35(25,30)31)34-19-9-5-17(6-10-19)27-24(29)16-4-13-21(32-2)22(14-16)33-3/h4-15H,1-3H3,(H,26,28)(H,27,29)(H2,25,30,31). The normalized spacial score (nSPS) is 11.9. The molecule has 184 valence electrons. The van der Waals surface area contributed by atoms with Crippen LogP contribution in [0.25, 0.3) is 0 Å². The van der Waals surface area contributed by atoms with Crippen LogP contribution in [0.5, 0.6) is 11.5 Å². The lowest BCUT2D eigenvalue weighted by molar-refractivity contribution is -0.115. The van der Waals surface area contributed by atoms with E-state index in [0.717, 1.165) is 4.90 Å². The van der Waals surface area contributed by atoms with Crippen molar-refractivity contribution in [2.45, 2.75) is 22.0 Å². The number of hydrogen-bond donors (Lipinski definition) is 3. The summed E-state index contributed by atoms with van der Waals surface area (Å²) in [5, 5.41) is 10.2. The molecule has 9 nitrogen and oxygen atoms in total. The minimum atomic E-state index is -3.79. The first-order valence-electron chi connectivity index (χ1n) is 10.3. The van der Waals surface area contributed by atoms with Crippen LogP contribution in [0.3, 0.4) is 0 Å². The maximum atomic E-state index is 12.6. The van der Waals surface area contributed by atoms with Crippen molar-refractivity contribution in [2.24, 2.45) is 5.14 Å². The van der Waals surface area contributed by atoms with Crippen molar-refractivity contribution < 1.29 is 27.5 Å². The first-order valence-corrected chi connectivity index (χ1v) is 12.8. The van der Waals surface area contributed by atoms with Gasteiger partial charge in [0.2, 0.25) is 15.9 Å². The van der Waals surface area contributed by atoms with Crippen LogP contribution in [-0.4, -0.2) is 39.7 Å². The quantitative estimate of drug-likeness (QED) is 0.369. The summed E-state index contributed by atoms with van der Waals surface area (Å²) in [5.41, 5.74) is 1.48. The summed E-state index contributed by atoms with van der Waals surface area (Å²) >= 11 is 1.34. The van der Waals surface area contributed by atoms with Gasteiger partial charge in [0.25, 0.3) is 5.91 Å². The van der Waals surface area contributed by atoms with Gasteiger partial charge in [-0.2, -0.15) is 0 Å². The molecular formula is C24H25N3O6S2. The van der Waals surface area contributed by atoms with Crippen LogP contribution >= 0.6 is 11.8 Å². The summed E-state index contributed by atoms with van der Waals surface area (Å²) in [7, 11) is -0.767. The van der Waals surface area contributed by atoms with Crippen LogP contribution in [0.4, 0.5) is 11.4 Å². The molecule has 0 bridgehead atoms. The number of amides is 2. The molecule has 0 aromatic heterocycles. The molecule has 3 rings (SSSR count). The Morgan fingerprint density at radius 2 is 1.43 bits per heavy atom. The maximum Gasteiger partial charge on any atom is 0.255 e. The predicted octanol–water partition coefficient (Wildman–Crippen LogP) is 3.72. The number of carbonyl (C=O) groups excluding carboxylic acids is 2. The molecule has 0 aliphatic carbocycles. The minimum absolute atomic E-state index is 0.0313. The van der Waals surface area contributed by atoms with Crippen LogP contribution < -0.4 is 25.2 Å². The number of primary sulfonamides is 1. The summed E-state index contributed by atoms with van der Waals surface area (Å²) in [6.07, 6.45) is 0. The van der Waals surface area contributed by atoms with Crippen LogP contribution in [-0.2, 0) is 14.8 Å². The molecule has 1 atom stereocenters. The highest BCUT2D eigenvalue weighted by atomic mass is 32.2. The van der Waals surface area contributed by atoms with Gasteiger partial charge in [-0.25, -0.2) is 13.6 Å². The number of thioether (sulfide) groups is 1. The highest BCUT2D eigenvalue weighted by Gasteiger charge is 2.16. The van der Waals surface area contributed by atoms with Gasteiger partial charge in [-0.1, -0.05) is 0 Å². The smallest absolute Gasteiger partial charge is 0.255 e. The largest absolute Gasteiger partial charge is 0.493 e. The topological polar surface area (TPSA) is 137 Å². The van der Waals surface area contributed by atoms with E-state index in [2.05, 4.69) is 10.6 Å². The summed E-state index contributed by atoms with van der Waals surface area (Å²) in [5.74, 6) is 0.445. The van der Waals surface area contributed by atoms with Gasteiger partial charge in [0, 0.05) is 21.8 Å². The van der Waals surface area contributed by atoms with E-state index in [1.807, 2.05) is 0 Å². The molecule has 0 saturated carbocycles. The van der Waals surface area contributed by atoms with Gasteiger partial charge in [0.1, 0.15) is 0 Å². The second-order valence-corrected chi connectivity index (χ2v) is 10.3. The van der Waals surface area contributed by atoms with E-state index in [1.165, 1.54) is 50.2 Å². The Bertz CT molecular complexity index is 1310. The molecule has 0 spiro atoms. The number of hydrogen-bond acceptors (Lipinski definition) is 7. The number of benzene rings is 3. The molecule has 0 fully saturated rings. The minimum Gasteiger partial charge on any atom is -0.493 e. The first kappa shape index (κ1) is 26.1.